The molecule has 2 N–H and O–H groups in total. The van der Waals surface area contributed by atoms with E-state index in [9.17, 15) is 13.6 Å². The van der Waals surface area contributed by atoms with E-state index in [0.29, 0.717) is 36.5 Å². The number of fused-ring (bicyclic) bond motifs is 1. The van der Waals surface area contributed by atoms with Crippen molar-refractivity contribution < 1.29 is 13.6 Å². The number of alkyl halides is 1. The number of amides is 1. The van der Waals surface area contributed by atoms with Crippen molar-refractivity contribution >= 4 is 34.4 Å². The molecule has 1 fully saturated rings. The standard InChI is InChI=1S/C22H21F2N5OS/c23-14-2-1-8-28(12-14)19-6-3-13(11-26-19)21-27-18-7-9-29(22(30)20(18)31-21)15-4-5-16(24)17(25)10-15/h3-6,10-11,14H,1-2,7-9,12,25H2/t14-/m0/s1. The number of rotatable bonds is 3. The Balaban J connectivity index is 1.38. The molecule has 0 bridgehead atoms. The Kier molecular flexibility index (Phi) is 5.05. The molecular formula is C22H21F2N5OS. The number of nitrogen functional groups attached to an aromatic ring is 1. The predicted molar refractivity (Wildman–Crippen MR) is 118 cm³/mol. The van der Waals surface area contributed by atoms with Crippen LogP contribution in [0, 0.1) is 5.82 Å². The van der Waals surface area contributed by atoms with Crippen LogP contribution >= 0.6 is 11.3 Å². The molecule has 1 atom stereocenters. The summed E-state index contributed by atoms with van der Waals surface area (Å²) in [5, 5.41) is 0.722. The lowest BCUT2D eigenvalue weighted by molar-refractivity contribution is 0.0984. The van der Waals surface area contributed by atoms with Gasteiger partial charge in [-0.05, 0) is 43.2 Å². The van der Waals surface area contributed by atoms with Crippen LogP contribution in [0.4, 0.5) is 26.0 Å². The zero-order valence-electron chi connectivity index (χ0n) is 16.7. The number of nitrogens with two attached hydrogens (primary N) is 1. The lowest BCUT2D eigenvalue weighted by atomic mass is 10.1. The fraction of sp³-hybridized carbons (Fsp3) is 0.318. The van der Waals surface area contributed by atoms with Crippen molar-refractivity contribution in [1.82, 2.24) is 9.97 Å². The summed E-state index contributed by atoms with van der Waals surface area (Å²) in [6.45, 7) is 1.63. The lowest BCUT2D eigenvalue weighted by Crippen LogP contribution is -2.37. The number of carbonyl (C=O) groups is 1. The monoisotopic (exact) mass is 441 g/mol. The number of thiazole rings is 1. The average Bonchev–Trinajstić information content (AvgIpc) is 3.22. The van der Waals surface area contributed by atoms with Gasteiger partial charge in [0.05, 0.1) is 17.9 Å². The number of hydrogen-bond donors (Lipinski definition) is 1. The minimum absolute atomic E-state index is 0.0139. The Hall–Kier alpha value is -3.07. The van der Waals surface area contributed by atoms with Crippen LogP contribution in [0.1, 0.15) is 28.2 Å². The zero-order chi connectivity index (χ0) is 21.5. The van der Waals surface area contributed by atoms with Crippen LogP contribution in [-0.2, 0) is 6.42 Å². The van der Waals surface area contributed by atoms with E-state index in [2.05, 4.69) is 9.97 Å². The van der Waals surface area contributed by atoms with Crippen molar-refractivity contribution in [2.45, 2.75) is 25.4 Å². The van der Waals surface area contributed by atoms with Crippen molar-refractivity contribution in [2.24, 2.45) is 0 Å². The molecule has 160 valence electrons. The highest BCUT2D eigenvalue weighted by molar-refractivity contribution is 7.17. The van der Waals surface area contributed by atoms with Crippen LogP contribution in [0.5, 0.6) is 0 Å². The van der Waals surface area contributed by atoms with E-state index in [1.807, 2.05) is 17.0 Å². The average molecular weight is 442 g/mol. The summed E-state index contributed by atoms with van der Waals surface area (Å²) in [6, 6.07) is 8.10. The summed E-state index contributed by atoms with van der Waals surface area (Å²) < 4.78 is 27.2. The molecule has 5 rings (SSSR count). The SMILES string of the molecule is Nc1cc(N2CCc3nc(-c4ccc(N5CCC[C@H](F)C5)nc4)sc3C2=O)ccc1F. The topological polar surface area (TPSA) is 75.3 Å². The molecule has 2 aliphatic heterocycles. The molecule has 1 aromatic carbocycles. The Morgan fingerprint density at radius 2 is 2.06 bits per heavy atom. The second kappa shape index (κ2) is 7.88. The Bertz CT molecular complexity index is 1130. The number of halogens is 2. The molecule has 0 radical (unpaired) electrons. The number of anilines is 3. The minimum atomic E-state index is -0.814. The lowest BCUT2D eigenvalue weighted by Gasteiger charge is -2.29. The van der Waals surface area contributed by atoms with Gasteiger partial charge in [0.25, 0.3) is 5.91 Å². The molecule has 2 aliphatic rings. The maximum Gasteiger partial charge on any atom is 0.270 e. The van der Waals surface area contributed by atoms with Crippen LogP contribution in [0.3, 0.4) is 0 Å². The molecular weight excluding hydrogens is 420 g/mol. The number of piperidine rings is 1. The van der Waals surface area contributed by atoms with E-state index in [4.69, 9.17) is 5.73 Å². The third kappa shape index (κ3) is 3.74. The molecule has 0 aliphatic carbocycles. The number of carbonyl (C=O) groups excluding carboxylic acids is 1. The second-order valence-corrected chi connectivity index (χ2v) is 8.80. The third-order valence-corrected chi connectivity index (χ3v) is 6.82. The Morgan fingerprint density at radius 3 is 2.81 bits per heavy atom. The van der Waals surface area contributed by atoms with Gasteiger partial charge in [-0.3, -0.25) is 4.79 Å². The van der Waals surface area contributed by atoms with Gasteiger partial charge in [-0.1, -0.05) is 0 Å². The molecule has 1 amide bonds. The molecule has 4 heterocycles. The van der Waals surface area contributed by atoms with Crippen molar-refractivity contribution in [3.63, 3.8) is 0 Å². The molecule has 9 heteroatoms. The minimum Gasteiger partial charge on any atom is -0.396 e. The largest absolute Gasteiger partial charge is 0.396 e. The van der Waals surface area contributed by atoms with E-state index in [1.165, 1.54) is 23.5 Å². The summed E-state index contributed by atoms with van der Waals surface area (Å²) in [6.07, 6.45) is 2.94. The second-order valence-electron chi connectivity index (χ2n) is 7.80. The van der Waals surface area contributed by atoms with E-state index < -0.39 is 12.0 Å². The summed E-state index contributed by atoms with van der Waals surface area (Å²) in [5.74, 6) is 0.0861. The van der Waals surface area contributed by atoms with E-state index in [0.717, 1.165) is 35.0 Å². The van der Waals surface area contributed by atoms with E-state index in [-0.39, 0.29) is 11.6 Å². The van der Waals surface area contributed by atoms with Crippen LogP contribution in [0.25, 0.3) is 10.6 Å². The van der Waals surface area contributed by atoms with Crippen molar-refractivity contribution in [3.05, 3.63) is 52.9 Å². The fourth-order valence-electron chi connectivity index (χ4n) is 4.03. The third-order valence-electron chi connectivity index (χ3n) is 5.68. The molecule has 31 heavy (non-hydrogen) atoms. The van der Waals surface area contributed by atoms with Crippen molar-refractivity contribution in [2.75, 3.05) is 35.2 Å². The molecule has 2 aromatic heterocycles. The molecule has 0 spiro atoms. The van der Waals surface area contributed by atoms with Gasteiger partial charge in [0.1, 0.15) is 27.7 Å². The first-order valence-electron chi connectivity index (χ1n) is 10.2. The highest BCUT2D eigenvalue weighted by Crippen LogP contribution is 2.34. The molecule has 3 aromatic rings. The smallest absolute Gasteiger partial charge is 0.270 e. The van der Waals surface area contributed by atoms with Gasteiger partial charge < -0.3 is 15.5 Å². The van der Waals surface area contributed by atoms with E-state index in [1.54, 1.807) is 17.2 Å². The molecule has 0 saturated carbocycles. The maximum absolute atomic E-state index is 13.7. The van der Waals surface area contributed by atoms with E-state index >= 15 is 0 Å². The first-order valence-corrected chi connectivity index (χ1v) is 11.0. The quantitative estimate of drug-likeness (QED) is 0.620. The van der Waals surface area contributed by atoms with Gasteiger partial charge in [0, 0.05) is 37.0 Å². The van der Waals surface area contributed by atoms with Gasteiger partial charge in [-0.2, -0.15) is 0 Å². The van der Waals surface area contributed by atoms with Gasteiger partial charge in [-0.25, -0.2) is 18.7 Å². The number of aromatic nitrogens is 2. The summed E-state index contributed by atoms with van der Waals surface area (Å²) in [5.41, 5.74) is 7.84. The number of benzene rings is 1. The fourth-order valence-corrected chi connectivity index (χ4v) is 5.08. The van der Waals surface area contributed by atoms with Crippen LogP contribution in [0.2, 0.25) is 0 Å². The Labute approximate surface area is 182 Å². The van der Waals surface area contributed by atoms with Crippen LogP contribution < -0.4 is 15.5 Å². The number of nitrogens with zero attached hydrogens (tertiary/aromatic N) is 4. The van der Waals surface area contributed by atoms with Crippen molar-refractivity contribution in [1.29, 1.82) is 0 Å². The molecule has 1 saturated heterocycles. The van der Waals surface area contributed by atoms with Gasteiger partial charge in [-0.15, -0.1) is 11.3 Å². The number of hydrogen-bond acceptors (Lipinski definition) is 6. The molecule has 6 nitrogen and oxygen atoms in total. The number of pyridine rings is 1. The van der Waals surface area contributed by atoms with Crippen molar-refractivity contribution in [3.8, 4) is 10.6 Å². The summed E-state index contributed by atoms with van der Waals surface area (Å²) in [7, 11) is 0. The Morgan fingerprint density at radius 1 is 1.19 bits per heavy atom. The highest BCUT2D eigenvalue weighted by Gasteiger charge is 2.30. The van der Waals surface area contributed by atoms with Gasteiger partial charge in [0.2, 0.25) is 0 Å². The van der Waals surface area contributed by atoms with Crippen LogP contribution in [0.15, 0.2) is 36.5 Å². The normalized spacial score (nSPS) is 18.9. The zero-order valence-corrected chi connectivity index (χ0v) is 17.5. The van der Waals surface area contributed by atoms with Crippen LogP contribution in [-0.4, -0.2) is 41.7 Å². The maximum atomic E-state index is 13.7. The summed E-state index contributed by atoms with van der Waals surface area (Å²) in [4.78, 5) is 26.3. The van der Waals surface area contributed by atoms with Gasteiger partial charge in [0.15, 0.2) is 0 Å². The first kappa shape index (κ1) is 19.9. The van der Waals surface area contributed by atoms with Gasteiger partial charge >= 0.3 is 0 Å². The first-order chi connectivity index (χ1) is 15.0. The highest BCUT2D eigenvalue weighted by atomic mass is 32.1. The predicted octanol–water partition coefficient (Wildman–Crippen LogP) is 4.07. The molecule has 0 unspecified atom stereocenters. The summed E-state index contributed by atoms with van der Waals surface area (Å²) >= 11 is 1.32.